The van der Waals surface area contributed by atoms with Gasteiger partial charge >= 0.3 is 12.2 Å². The number of anilines is 1. The summed E-state index contributed by atoms with van der Waals surface area (Å²) in [6, 6.07) is 1.23. The Balaban J connectivity index is 2.24. The van der Waals surface area contributed by atoms with Crippen LogP contribution in [0.3, 0.4) is 0 Å². The summed E-state index contributed by atoms with van der Waals surface area (Å²) in [4.78, 5) is 23.9. The zero-order valence-corrected chi connectivity index (χ0v) is 17.6. The van der Waals surface area contributed by atoms with E-state index < -0.39 is 52.3 Å². The molecule has 0 saturated carbocycles. The number of amides is 3. The lowest BCUT2D eigenvalue weighted by molar-refractivity contribution is -0.173. The molecule has 0 radical (unpaired) electrons. The normalized spacial score (nSPS) is 17.3. The Morgan fingerprint density at radius 3 is 2.07 bits per heavy atom. The van der Waals surface area contributed by atoms with Crippen LogP contribution in [0.15, 0.2) is 12.1 Å². The molecule has 0 aliphatic carbocycles. The maximum atomic E-state index is 14.0. The van der Waals surface area contributed by atoms with Crippen LogP contribution in [0.1, 0.15) is 57.1 Å². The van der Waals surface area contributed by atoms with E-state index in [2.05, 4.69) is 5.32 Å². The zero-order valence-electron chi connectivity index (χ0n) is 16.8. The van der Waals surface area contributed by atoms with Crippen LogP contribution in [0, 0.1) is 5.82 Å². The van der Waals surface area contributed by atoms with Gasteiger partial charge in [-0.1, -0.05) is 27.7 Å². The van der Waals surface area contributed by atoms with Gasteiger partial charge in [0.2, 0.25) is 5.91 Å². The van der Waals surface area contributed by atoms with Gasteiger partial charge in [-0.05, 0) is 35.1 Å². The van der Waals surface area contributed by atoms with E-state index in [1.165, 1.54) is 12.1 Å². The van der Waals surface area contributed by atoms with E-state index >= 15 is 0 Å². The number of sulfonamides is 1. The molecule has 2 N–H and O–H groups in total. The average Bonchev–Trinajstić information content (AvgIpc) is 2.57. The van der Waals surface area contributed by atoms with E-state index in [9.17, 15) is 35.6 Å². The molecular formula is C18H23F4N3O4S. The maximum Gasteiger partial charge on any atom is 0.406 e. The molecule has 0 bridgehead atoms. The fourth-order valence-corrected chi connectivity index (χ4v) is 4.46. The number of nitrogens with zero attached hydrogens (tertiary/aromatic N) is 1. The molecule has 1 fully saturated rings. The zero-order chi connectivity index (χ0) is 23.0. The highest BCUT2D eigenvalue weighted by molar-refractivity contribution is 7.90. The summed E-state index contributed by atoms with van der Waals surface area (Å²) in [5.41, 5.74) is 1.10. The maximum absolute atomic E-state index is 14.0. The minimum Gasteiger partial charge on any atom is -0.314 e. The number of urea groups is 1. The molecule has 3 amide bonds. The molecule has 1 aliphatic heterocycles. The van der Waals surface area contributed by atoms with Crippen molar-refractivity contribution < 1.29 is 35.6 Å². The number of alkyl halides is 3. The van der Waals surface area contributed by atoms with Gasteiger partial charge < -0.3 is 10.2 Å². The molecular weight excluding hydrogens is 430 g/mol. The first-order valence-electron chi connectivity index (χ1n) is 9.14. The Bertz CT molecular complexity index is 916. The fourth-order valence-electron chi connectivity index (χ4n) is 3.13. The number of nitrogens with one attached hydrogen (secondary N) is 2. The number of carbonyl (C=O) groups is 2. The molecule has 168 valence electrons. The SMILES string of the molecule is CC(C)c1cc(F)cc(C(C)C)c1NC(=O)NS(=O)(=O)C1CC(=O)N1CC(F)(F)F. The minimum absolute atomic E-state index is 0.145. The van der Waals surface area contributed by atoms with Crippen LogP contribution in [0.2, 0.25) is 0 Å². The molecule has 7 nitrogen and oxygen atoms in total. The third-order valence-corrected chi connectivity index (χ3v) is 6.21. The molecule has 0 spiro atoms. The lowest BCUT2D eigenvalue weighted by Gasteiger charge is -2.39. The van der Waals surface area contributed by atoms with Crippen molar-refractivity contribution in [3.05, 3.63) is 29.1 Å². The third kappa shape index (κ3) is 5.41. The van der Waals surface area contributed by atoms with Crippen molar-refractivity contribution in [2.75, 3.05) is 11.9 Å². The van der Waals surface area contributed by atoms with Gasteiger partial charge in [0, 0.05) is 5.69 Å². The highest BCUT2D eigenvalue weighted by Crippen LogP contribution is 2.34. The number of carbonyl (C=O) groups excluding carboxylic acids is 2. The topological polar surface area (TPSA) is 95.6 Å². The van der Waals surface area contributed by atoms with Crippen molar-refractivity contribution in [3.8, 4) is 0 Å². The van der Waals surface area contributed by atoms with Crippen LogP contribution >= 0.6 is 0 Å². The summed E-state index contributed by atoms with van der Waals surface area (Å²) >= 11 is 0. The Kier molecular flexibility index (Phi) is 6.69. The molecule has 0 aromatic heterocycles. The second-order valence-corrected chi connectivity index (χ2v) is 9.50. The molecule has 1 unspecified atom stereocenters. The van der Waals surface area contributed by atoms with Crippen molar-refractivity contribution in [1.82, 2.24) is 9.62 Å². The first-order valence-corrected chi connectivity index (χ1v) is 10.7. The number of hydrogen-bond donors (Lipinski definition) is 2. The predicted octanol–water partition coefficient (Wildman–Crippen LogP) is 3.64. The summed E-state index contributed by atoms with van der Waals surface area (Å²) in [5.74, 6) is -1.92. The van der Waals surface area contributed by atoms with Crippen molar-refractivity contribution in [2.45, 2.75) is 57.5 Å². The Labute approximate surface area is 171 Å². The monoisotopic (exact) mass is 453 g/mol. The minimum atomic E-state index is -4.78. The number of rotatable bonds is 6. The summed E-state index contributed by atoms with van der Waals surface area (Å²) in [7, 11) is -4.60. The van der Waals surface area contributed by atoms with Gasteiger partial charge in [-0.25, -0.2) is 22.3 Å². The van der Waals surface area contributed by atoms with Crippen molar-refractivity contribution in [3.63, 3.8) is 0 Å². The molecule has 1 atom stereocenters. The number of β-lactam (4-membered cyclic amide) rings is 1. The largest absolute Gasteiger partial charge is 0.406 e. The summed E-state index contributed by atoms with van der Waals surface area (Å²) in [6.07, 6.45) is -5.44. The van der Waals surface area contributed by atoms with Gasteiger partial charge in [0.1, 0.15) is 12.4 Å². The van der Waals surface area contributed by atoms with Gasteiger partial charge in [-0.2, -0.15) is 13.2 Å². The van der Waals surface area contributed by atoms with Gasteiger partial charge in [0.15, 0.2) is 5.37 Å². The van der Waals surface area contributed by atoms with Crippen LogP contribution in [0.4, 0.5) is 28.0 Å². The van der Waals surface area contributed by atoms with Gasteiger partial charge in [-0.15, -0.1) is 0 Å². The lowest BCUT2D eigenvalue weighted by atomic mass is 9.92. The van der Waals surface area contributed by atoms with Crippen LogP contribution in [0.5, 0.6) is 0 Å². The number of hydrogen-bond acceptors (Lipinski definition) is 4. The molecule has 12 heteroatoms. The second kappa shape index (κ2) is 8.40. The Morgan fingerprint density at radius 2 is 1.67 bits per heavy atom. The van der Waals surface area contributed by atoms with E-state index in [1.54, 1.807) is 32.4 Å². The quantitative estimate of drug-likeness (QED) is 0.508. The Morgan fingerprint density at radius 1 is 1.17 bits per heavy atom. The van der Waals surface area contributed by atoms with Crippen LogP contribution in [-0.2, 0) is 14.8 Å². The first kappa shape index (κ1) is 23.9. The highest BCUT2D eigenvalue weighted by atomic mass is 32.2. The van der Waals surface area contributed by atoms with Crippen molar-refractivity contribution in [2.24, 2.45) is 0 Å². The smallest absolute Gasteiger partial charge is 0.314 e. The highest BCUT2D eigenvalue weighted by Gasteiger charge is 2.50. The first-order chi connectivity index (χ1) is 13.6. The molecule has 1 aromatic carbocycles. The fraction of sp³-hybridized carbons (Fsp3) is 0.556. The Hall–Kier alpha value is -2.37. The lowest BCUT2D eigenvalue weighted by Crippen LogP contribution is -2.62. The molecule has 1 saturated heterocycles. The van der Waals surface area contributed by atoms with E-state index in [0.29, 0.717) is 11.1 Å². The molecule has 30 heavy (non-hydrogen) atoms. The van der Waals surface area contributed by atoms with Crippen LogP contribution in [-0.4, -0.2) is 43.4 Å². The number of halogens is 4. The standard InChI is InChI=1S/C18H23F4N3O4S/c1-9(2)12-5-11(19)6-13(10(3)4)16(12)23-17(27)24-30(28,29)15-7-14(26)25(15)8-18(20,21)22/h5-6,9-10,15H,7-8H2,1-4H3,(H2,23,24,27). The van der Waals surface area contributed by atoms with Gasteiger partial charge in [0.05, 0.1) is 6.42 Å². The van der Waals surface area contributed by atoms with E-state index in [-0.39, 0.29) is 22.4 Å². The summed E-state index contributed by atoms with van der Waals surface area (Å²) in [5, 5.41) is 0.575. The predicted molar refractivity (Wildman–Crippen MR) is 102 cm³/mol. The number of benzene rings is 1. The molecule has 1 heterocycles. The average molecular weight is 453 g/mol. The van der Waals surface area contributed by atoms with Gasteiger partial charge in [-0.3, -0.25) is 4.79 Å². The van der Waals surface area contributed by atoms with Crippen molar-refractivity contribution >= 4 is 27.6 Å². The van der Waals surface area contributed by atoms with Crippen LogP contribution < -0.4 is 10.0 Å². The van der Waals surface area contributed by atoms with E-state index in [0.717, 1.165) is 0 Å². The second-order valence-electron chi connectivity index (χ2n) is 7.67. The summed E-state index contributed by atoms with van der Waals surface area (Å²) < 4.78 is 78.0. The van der Waals surface area contributed by atoms with E-state index in [4.69, 9.17) is 0 Å². The summed E-state index contributed by atoms with van der Waals surface area (Å²) in [6.45, 7) is 5.30. The van der Waals surface area contributed by atoms with Gasteiger partial charge in [0.25, 0.3) is 10.0 Å². The molecule has 1 aliphatic rings. The van der Waals surface area contributed by atoms with Crippen molar-refractivity contribution in [1.29, 1.82) is 0 Å². The molecule has 1 aromatic rings. The third-order valence-electron chi connectivity index (χ3n) is 4.61. The van der Waals surface area contributed by atoms with Crippen LogP contribution in [0.25, 0.3) is 0 Å². The molecule has 2 rings (SSSR count). The number of likely N-dealkylation sites (tertiary alicyclic amines) is 1. The van der Waals surface area contributed by atoms with E-state index in [1.807, 2.05) is 0 Å².